The van der Waals surface area contributed by atoms with E-state index in [1.807, 2.05) is 0 Å². The number of hydrogen-bond acceptors (Lipinski definition) is 9. The highest BCUT2D eigenvalue weighted by Gasteiger charge is 2.26. The fourth-order valence-corrected chi connectivity index (χ4v) is 6.87. The van der Waals surface area contributed by atoms with Gasteiger partial charge in [0.05, 0.1) is 41.3 Å². The molecule has 3 heterocycles. The number of hydrogen-bond donors (Lipinski definition) is 2. The number of rotatable bonds is 8. The summed E-state index contributed by atoms with van der Waals surface area (Å²) in [5.74, 6) is -0.669. The van der Waals surface area contributed by atoms with Crippen molar-refractivity contribution in [2.75, 3.05) is 31.0 Å². The van der Waals surface area contributed by atoms with Crippen molar-refractivity contribution in [3.05, 3.63) is 71.4 Å². The van der Waals surface area contributed by atoms with E-state index in [1.54, 1.807) is 30.5 Å². The summed E-state index contributed by atoms with van der Waals surface area (Å²) < 4.78 is 60.1. The van der Waals surface area contributed by atoms with Gasteiger partial charge < -0.3 is 4.74 Å². The molecule has 11 nitrogen and oxygen atoms in total. The molecule has 1 fully saturated rings. The maximum atomic E-state index is 12.9. The molecule has 1 amide bonds. The molecule has 14 heteroatoms. The first-order valence-electron chi connectivity index (χ1n) is 10.7. The maximum Gasteiger partial charge on any atom is 0.273 e. The smallest absolute Gasteiger partial charge is 0.273 e. The predicted octanol–water partition coefficient (Wildman–Crippen LogP) is 2.12. The van der Waals surface area contributed by atoms with Gasteiger partial charge in [-0.25, -0.2) is 22.3 Å². The average molecular weight is 550 g/mol. The molecular formula is C22H23N5O6S3. The lowest BCUT2D eigenvalue weighted by Gasteiger charge is -2.26. The third-order valence-electron chi connectivity index (χ3n) is 5.25. The van der Waals surface area contributed by atoms with E-state index in [9.17, 15) is 21.6 Å². The van der Waals surface area contributed by atoms with Crippen LogP contribution in [0.3, 0.4) is 0 Å². The van der Waals surface area contributed by atoms with E-state index in [0.29, 0.717) is 24.5 Å². The molecule has 0 bridgehead atoms. The number of aromatic nitrogens is 1. The van der Waals surface area contributed by atoms with E-state index >= 15 is 0 Å². The van der Waals surface area contributed by atoms with Crippen molar-refractivity contribution in [2.24, 2.45) is 5.10 Å². The standard InChI is InChI=1S/C22H23N5O6S3/c1-16(17-4-2-5-18(14-17)36(31,32)27-9-11-33-12-10-27)24-25-22(28)19-7-8-23-15-20(19)26-35(29,30)21-6-3-13-34-21/h2-8,13-15,26H,9-12H2,1H3,(H,25,28). The summed E-state index contributed by atoms with van der Waals surface area (Å²) in [6.45, 7) is 2.85. The molecular weight excluding hydrogens is 526 g/mol. The quantitative estimate of drug-likeness (QED) is 0.323. The van der Waals surface area contributed by atoms with E-state index in [1.165, 1.54) is 41.0 Å². The van der Waals surface area contributed by atoms with Gasteiger partial charge in [0.1, 0.15) is 4.21 Å². The second-order valence-electron chi connectivity index (χ2n) is 7.64. The largest absolute Gasteiger partial charge is 0.379 e. The lowest BCUT2D eigenvalue weighted by atomic mass is 10.1. The Morgan fingerprint density at radius 3 is 2.61 bits per heavy atom. The predicted molar refractivity (Wildman–Crippen MR) is 135 cm³/mol. The zero-order valence-electron chi connectivity index (χ0n) is 19.1. The molecule has 0 atom stereocenters. The normalized spacial score (nSPS) is 15.4. The molecule has 0 saturated carbocycles. The highest BCUT2D eigenvalue weighted by Crippen LogP contribution is 2.22. The summed E-state index contributed by atoms with van der Waals surface area (Å²) in [7, 11) is -7.58. The SMILES string of the molecule is CC(=NNC(=O)c1ccncc1NS(=O)(=O)c1cccs1)c1cccc(S(=O)(=O)N2CCOCC2)c1. The zero-order chi connectivity index (χ0) is 25.8. The molecule has 3 aromatic rings. The summed E-state index contributed by atoms with van der Waals surface area (Å²) in [6, 6.07) is 10.7. The van der Waals surface area contributed by atoms with Crippen molar-refractivity contribution in [3.8, 4) is 0 Å². The summed E-state index contributed by atoms with van der Waals surface area (Å²) in [4.78, 5) is 16.8. The number of ether oxygens (including phenoxy) is 1. The molecule has 0 spiro atoms. The highest BCUT2D eigenvalue weighted by atomic mass is 32.2. The van der Waals surface area contributed by atoms with E-state index in [-0.39, 0.29) is 33.4 Å². The van der Waals surface area contributed by atoms with Crippen molar-refractivity contribution in [1.29, 1.82) is 0 Å². The van der Waals surface area contributed by atoms with Gasteiger partial charge in [-0.05, 0) is 42.1 Å². The van der Waals surface area contributed by atoms with Gasteiger partial charge in [0.25, 0.3) is 15.9 Å². The van der Waals surface area contributed by atoms with E-state index in [2.05, 4.69) is 20.2 Å². The second-order valence-corrected chi connectivity index (χ2v) is 12.4. The Labute approximate surface area is 212 Å². The Morgan fingerprint density at radius 2 is 1.89 bits per heavy atom. The number of amides is 1. The molecule has 1 saturated heterocycles. The topological polar surface area (TPSA) is 147 Å². The summed E-state index contributed by atoms with van der Waals surface area (Å²) in [5, 5.41) is 5.72. The van der Waals surface area contributed by atoms with Crippen LogP contribution in [0.15, 0.2) is 74.4 Å². The van der Waals surface area contributed by atoms with Gasteiger partial charge in [0.2, 0.25) is 10.0 Å². The number of carbonyl (C=O) groups is 1. The highest BCUT2D eigenvalue weighted by molar-refractivity contribution is 7.94. The third kappa shape index (κ3) is 5.79. The van der Waals surface area contributed by atoms with Crippen molar-refractivity contribution >= 4 is 48.7 Å². The molecule has 1 aliphatic rings. The van der Waals surface area contributed by atoms with Crippen LogP contribution in [-0.4, -0.2) is 64.0 Å². The van der Waals surface area contributed by atoms with Crippen LogP contribution < -0.4 is 10.1 Å². The van der Waals surface area contributed by atoms with Gasteiger partial charge in [0.15, 0.2) is 0 Å². The Morgan fingerprint density at radius 1 is 1.11 bits per heavy atom. The molecule has 4 rings (SSSR count). The van der Waals surface area contributed by atoms with Crippen LogP contribution in [0.5, 0.6) is 0 Å². The molecule has 2 aromatic heterocycles. The van der Waals surface area contributed by atoms with Crippen LogP contribution >= 0.6 is 11.3 Å². The van der Waals surface area contributed by atoms with Crippen LogP contribution in [-0.2, 0) is 24.8 Å². The number of nitrogens with zero attached hydrogens (tertiary/aromatic N) is 3. The lowest BCUT2D eigenvalue weighted by molar-refractivity contribution is 0.0730. The average Bonchev–Trinajstić information content (AvgIpc) is 3.44. The van der Waals surface area contributed by atoms with E-state index in [4.69, 9.17) is 4.74 Å². The molecule has 0 radical (unpaired) electrons. The van der Waals surface area contributed by atoms with Gasteiger partial charge in [-0.15, -0.1) is 11.3 Å². The summed E-state index contributed by atoms with van der Waals surface area (Å²) in [6.07, 6.45) is 2.59. The van der Waals surface area contributed by atoms with E-state index < -0.39 is 26.0 Å². The van der Waals surface area contributed by atoms with Gasteiger partial charge in [-0.3, -0.25) is 14.5 Å². The fourth-order valence-electron chi connectivity index (χ4n) is 3.36. The summed E-state index contributed by atoms with van der Waals surface area (Å²) >= 11 is 1.04. The minimum absolute atomic E-state index is 0.00476. The maximum absolute atomic E-state index is 12.9. The lowest BCUT2D eigenvalue weighted by Crippen LogP contribution is -2.40. The van der Waals surface area contributed by atoms with Crippen LogP contribution in [0.25, 0.3) is 0 Å². The van der Waals surface area contributed by atoms with Crippen molar-refractivity contribution in [1.82, 2.24) is 14.7 Å². The molecule has 1 aliphatic heterocycles. The number of benzene rings is 1. The van der Waals surface area contributed by atoms with Gasteiger partial charge in [0, 0.05) is 19.3 Å². The number of sulfonamides is 2. The third-order valence-corrected chi connectivity index (χ3v) is 9.91. The number of pyridine rings is 1. The van der Waals surface area contributed by atoms with Crippen LogP contribution in [0.1, 0.15) is 22.8 Å². The molecule has 36 heavy (non-hydrogen) atoms. The number of thiophene rings is 1. The van der Waals surface area contributed by atoms with Crippen molar-refractivity contribution in [2.45, 2.75) is 16.0 Å². The van der Waals surface area contributed by atoms with Crippen LogP contribution in [0.4, 0.5) is 5.69 Å². The Balaban J connectivity index is 1.51. The number of anilines is 1. The fraction of sp³-hybridized carbons (Fsp3) is 0.227. The minimum Gasteiger partial charge on any atom is -0.379 e. The number of morpholine rings is 1. The van der Waals surface area contributed by atoms with Gasteiger partial charge in [-0.1, -0.05) is 18.2 Å². The number of carbonyl (C=O) groups excluding carboxylic acids is 1. The molecule has 0 aliphatic carbocycles. The second kappa shape index (κ2) is 10.8. The monoisotopic (exact) mass is 549 g/mol. The van der Waals surface area contributed by atoms with Gasteiger partial charge in [-0.2, -0.15) is 9.41 Å². The number of hydrazone groups is 1. The summed E-state index contributed by atoms with van der Waals surface area (Å²) in [5.41, 5.74) is 3.26. The molecule has 1 aromatic carbocycles. The minimum atomic E-state index is -3.88. The first kappa shape index (κ1) is 25.9. The first-order valence-corrected chi connectivity index (χ1v) is 14.5. The van der Waals surface area contributed by atoms with E-state index in [0.717, 1.165) is 11.3 Å². The van der Waals surface area contributed by atoms with Crippen molar-refractivity contribution in [3.63, 3.8) is 0 Å². The molecule has 190 valence electrons. The van der Waals surface area contributed by atoms with Gasteiger partial charge >= 0.3 is 0 Å². The number of nitrogens with one attached hydrogen (secondary N) is 2. The zero-order valence-corrected chi connectivity index (χ0v) is 21.6. The first-order chi connectivity index (χ1) is 17.2. The Kier molecular flexibility index (Phi) is 7.80. The molecule has 2 N–H and O–H groups in total. The van der Waals surface area contributed by atoms with Crippen molar-refractivity contribution < 1.29 is 26.4 Å². The van der Waals surface area contributed by atoms with Crippen LogP contribution in [0, 0.1) is 0 Å². The van der Waals surface area contributed by atoms with Crippen LogP contribution in [0.2, 0.25) is 0 Å². The molecule has 0 unspecified atom stereocenters. The Bertz CT molecular complexity index is 1480. The Hall–Kier alpha value is -3.17.